The number of nitrogens with zero attached hydrogens (tertiary/aromatic N) is 1. The molecule has 0 spiro atoms. The van der Waals surface area contributed by atoms with Gasteiger partial charge in [-0.3, -0.25) is 4.79 Å². The van der Waals surface area contributed by atoms with Crippen LogP contribution >= 0.6 is 0 Å². The topological polar surface area (TPSA) is 60.8 Å². The van der Waals surface area contributed by atoms with Gasteiger partial charge in [0, 0.05) is 19.6 Å². The molecule has 1 atom stereocenters. The summed E-state index contributed by atoms with van der Waals surface area (Å²) in [6.07, 6.45) is 3.16. The maximum Gasteiger partial charge on any atom is 0.303 e. The first-order valence-corrected chi connectivity index (χ1v) is 5.27. The Kier molecular flexibility index (Phi) is 4.90. The zero-order valence-corrected chi connectivity index (χ0v) is 8.48. The molecule has 1 rings (SSSR count). The maximum atomic E-state index is 10.5. The molecule has 1 fully saturated rings. The fourth-order valence-electron chi connectivity index (χ4n) is 1.98. The summed E-state index contributed by atoms with van der Waals surface area (Å²) in [4.78, 5) is 12.8. The number of hydrogen-bond donors (Lipinski definition) is 2. The van der Waals surface area contributed by atoms with E-state index in [1.165, 1.54) is 0 Å². The van der Waals surface area contributed by atoms with Gasteiger partial charge in [0.1, 0.15) is 0 Å². The Morgan fingerprint density at radius 2 is 2.21 bits per heavy atom. The number of carboxylic acid groups (broad SMARTS) is 1. The highest BCUT2D eigenvalue weighted by Crippen LogP contribution is 2.19. The third-order valence-electron chi connectivity index (χ3n) is 2.72. The van der Waals surface area contributed by atoms with Crippen LogP contribution in [0.5, 0.6) is 0 Å². The molecule has 1 saturated heterocycles. The fourth-order valence-corrected chi connectivity index (χ4v) is 1.98. The molecular formula is C10H19NO3. The lowest BCUT2D eigenvalue weighted by molar-refractivity contribution is -0.138. The van der Waals surface area contributed by atoms with Crippen molar-refractivity contribution in [1.82, 2.24) is 4.90 Å². The molecule has 4 heteroatoms. The van der Waals surface area contributed by atoms with Crippen LogP contribution in [0.2, 0.25) is 0 Å². The van der Waals surface area contributed by atoms with Crippen molar-refractivity contribution in [3.63, 3.8) is 0 Å². The average Bonchev–Trinajstić information content (AvgIpc) is 2.52. The average molecular weight is 201 g/mol. The molecule has 2 N–H and O–H groups in total. The minimum atomic E-state index is -0.688. The molecule has 0 aromatic carbocycles. The van der Waals surface area contributed by atoms with Crippen LogP contribution in [0.4, 0.5) is 0 Å². The van der Waals surface area contributed by atoms with E-state index in [0.29, 0.717) is 12.3 Å². The number of aliphatic hydroxyl groups is 1. The predicted octanol–water partition coefficient (Wildman–Crippen LogP) is 0.556. The van der Waals surface area contributed by atoms with E-state index in [-0.39, 0.29) is 6.61 Å². The van der Waals surface area contributed by atoms with Gasteiger partial charge < -0.3 is 15.1 Å². The van der Waals surface area contributed by atoms with E-state index in [2.05, 4.69) is 4.90 Å². The van der Waals surface area contributed by atoms with Crippen molar-refractivity contribution in [2.75, 3.05) is 26.2 Å². The molecule has 0 aromatic heterocycles. The fraction of sp³-hybridized carbons (Fsp3) is 0.900. The van der Waals surface area contributed by atoms with Crippen LogP contribution in [0.1, 0.15) is 25.7 Å². The van der Waals surface area contributed by atoms with Gasteiger partial charge in [0.25, 0.3) is 0 Å². The van der Waals surface area contributed by atoms with Gasteiger partial charge in [-0.25, -0.2) is 0 Å². The zero-order valence-electron chi connectivity index (χ0n) is 8.48. The summed E-state index contributed by atoms with van der Waals surface area (Å²) in [5, 5.41) is 17.2. The lowest BCUT2D eigenvalue weighted by atomic mass is 10.1. The Morgan fingerprint density at radius 3 is 2.86 bits per heavy atom. The molecule has 1 aliphatic rings. The van der Waals surface area contributed by atoms with Crippen molar-refractivity contribution in [1.29, 1.82) is 0 Å². The van der Waals surface area contributed by atoms with Crippen LogP contribution < -0.4 is 0 Å². The van der Waals surface area contributed by atoms with E-state index in [1.807, 2.05) is 0 Å². The number of hydrogen-bond acceptors (Lipinski definition) is 3. The second kappa shape index (κ2) is 5.98. The van der Waals surface area contributed by atoms with Crippen LogP contribution in [0, 0.1) is 5.92 Å². The molecule has 82 valence electrons. The van der Waals surface area contributed by atoms with E-state index < -0.39 is 5.97 Å². The SMILES string of the molecule is O=C(O)CC1CCN(CCCCO)C1. The molecular weight excluding hydrogens is 182 g/mol. The highest BCUT2D eigenvalue weighted by molar-refractivity contribution is 5.67. The molecule has 0 radical (unpaired) electrons. The van der Waals surface area contributed by atoms with Gasteiger partial charge in [-0.1, -0.05) is 0 Å². The van der Waals surface area contributed by atoms with E-state index >= 15 is 0 Å². The van der Waals surface area contributed by atoms with Crippen molar-refractivity contribution in [2.45, 2.75) is 25.7 Å². The molecule has 1 heterocycles. The first-order valence-electron chi connectivity index (χ1n) is 5.27. The zero-order chi connectivity index (χ0) is 10.4. The number of unbranched alkanes of at least 4 members (excludes halogenated alkanes) is 1. The van der Waals surface area contributed by atoms with Gasteiger partial charge in [-0.15, -0.1) is 0 Å². The normalized spacial score (nSPS) is 22.8. The summed E-state index contributed by atoms with van der Waals surface area (Å²) in [6.45, 7) is 3.18. The van der Waals surface area contributed by atoms with E-state index in [9.17, 15) is 4.79 Å². The van der Waals surface area contributed by atoms with E-state index in [4.69, 9.17) is 10.2 Å². The first kappa shape index (κ1) is 11.5. The van der Waals surface area contributed by atoms with Crippen LogP contribution in [0.3, 0.4) is 0 Å². The smallest absolute Gasteiger partial charge is 0.303 e. The van der Waals surface area contributed by atoms with Gasteiger partial charge in [-0.05, 0) is 38.3 Å². The number of rotatable bonds is 6. The molecule has 0 bridgehead atoms. The third kappa shape index (κ3) is 4.07. The van der Waals surface area contributed by atoms with Crippen LogP contribution in [0.15, 0.2) is 0 Å². The maximum absolute atomic E-state index is 10.5. The number of carboxylic acids is 1. The summed E-state index contributed by atoms with van der Waals surface area (Å²) in [6, 6.07) is 0. The van der Waals surface area contributed by atoms with Crippen LogP contribution in [-0.4, -0.2) is 47.3 Å². The second-order valence-electron chi connectivity index (χ2n) is 3.98. The largest absolute Gasteiger partial charge is 0.481 e. The number of aliphatic hydroxyl groups excluding tert-OH is 1. The summed E-state index contributed by atoms with van der Waals surface area (Å²) >= 11 is 0. The standard InChI is InChI=1S/C10H19NO3/c12-6-2-1-4-11-5-3-9(8-11)7-10(13)14/h9,12H,1-8H2,(H,13,14). The Labute approximate surface area is 84.5 Å². The molecule has 0 aromatic rings. The number of carbonyl (C=O) groups is 1. The van der Waals surface area contributed by atoms with Crippen molar-refractivity contribution in [2.24, 2.45) is 5.92 Å². The van der Waals surface area contributed by atoms with Gasteiger partial charge in [0.2, 0.25) is 0 Å². The number of aliphatic carboxylic acids is 1. The minimum Gasteiger partial charge on any atom is -0.481 e. The second-order valence-corrected chi connectivity index (χ2v) is 3.98. The monoisotopic (exact) mass is 201 g/mol. The Bertz CT molecular complexity index is 184. The number of likely N-dealkylation sites (tertiary alicyclic amines) is 1. The molecule has 0 amide bonds. The summed E-state index contributed by atoms with van der Waals surface area (Å²) < 4.78 is 0. The minimum absolute atomic E-state index is 0.256. The quantitative estimate of drug-likeness (QED) is 0.616. The summed E-state index contributed by atoms with van der Waals surface area (Å²) in [5.41, 5.74) is 0. The lowest BCUT2D eigenvalue weighted by Crippen LogP contribution is -2.22. The molecule has 14 heavy (non-hydrogen) atoms. The van der Waals surface area contributed by atoms with Crippen LogP contribution in [0.25, 0.3) is 0 Å². The third-order valence-corrected chi connectivity index (χ3v) is 2.72. The Hall–Kier alpha value is -0.610. The van der Waals surface area contributed by atoms with Crippen molar-refractivity contribution >= 4 is 5.97 Å². The lowest BCUT2D eigenvalue weighted by Gasteiger charge is -2.14. The Morgan fingerprint density at radius 1 is 1.43 bits per heavy atom. The van der Waals surface area contributed by atoms with Crippen LogP contribution in [-0.2, 0) is 4.79 Å². The van der Waals surface area contributed by atoms with E-state index in [1.54, 1.807) is 0 Å². The highest BCUT2D eigenvalue weighted by atomic mass is 16.4. The Balaban J connectivity index is 2.11. The van der Waals surface area contributed by atoms with E-state index in [0.717, 1.165) is 38.9 Å². The van der Waals surface area contributed by atoms with Crippen molar-refractivity contribution < 1.29 is 15.0 Å². The van der Waals surface area contributed by atoms with Gasteiger partial charge >= 0.3 is 5.97 Å². The van der Waals surface area contributed by atoms with Crippen molar-refractivity contribution in [3.05, 3.63) is 0 Å². The molecule has 1 unspecified atom stereocenters. The van der Waals surface area contributed by atoms with Gasteiger partial charge in [0.15, 0.2) is 0 Å². The molecule has 0 aliphatic carbocycles. The summed E-state index contributed by atoms with van der Waals surface area (Å²) in [7, 11) is 0. The molecule has 1 aliphatic heterocycles. The first-order chi connectivity index (χ1) is 6.72. The molecule has 4 nitrogen and oxygen atoms in total. The van der Waals surface area contributed by atoms with Crippen molar-refractivity contribution in [3.8, 4) is 0 Å². The highest BCUT2D eigenvalue weighted by Gasteiger charge is 2.23. The predicted molar refractivity (Wildman–Crippen MR) is 53.1 cm³/mol. The van der Waals surface area contributed by atoms with Gasteiger partial charge in [-0.2, -0.15) is 0 Å². The molecule has 0 saturated carbocycles. The van der Waals surface area contributed by atoms with Gasteiger partial charge in [0.05, 0.1) is 0 Å². The summed E-state index contributed by atoms with van der Waals surface area (Å²) in [5.74, 6) is -0.353.